The van der Waals surface area contributed by atoms with E-state index < -0.39 is 0 Å². The highest BCUT2D eigenvalue weighted by molar-refractivity contribution is 5.87. The van der Waals surface area contributed by atoms with Crippen molar-refractivity contribution in [1.82, 2.24) is 14.7 Å². The molecule has 0 N–H and O–H groups in total. The predicted molar refractivity (Wildman–Crippen MR) is 96.1 cm³/mol. The van der Waals surface area contributed by atoms with Crippen molar-refractivity contribution in [2.24, 2.45) is 5.92 Å². The third kappa shape index (κ3) is 4.82. The highest BCUT2D eigenvalue weighted by atomic mass is 16.5. The van der Waals surface area contributed by atoms with Gasteiger partial charge < -0.3 is 14.5 Å². The molecule has 6 nitrogen and oxygen atoms in total. The number of hydrogen-bond acceptors (Lipinski definition) is 4. The molecule has 0 aromatic carbocycles. The molecule has 0 unspecified atom stereocenters. The molecule has 3 rings (SSSR count). The van der Waals surface area contributed by atoms with E-state index in [-0.39, 0.29) is 11.8 Å². The summed E-state index contributed by atoms with van der Waals surface area (Å²) in [4.78, 5) is 30.8. The van der Waals surface area contributed by atoms with Crippen LogP contribution >= 0.6 is 0 Å². The number of likely N-dealkylation sites (tertiary alicyclic amines) is 2. The molecule has 0 radical (unpaired) electrons. The van der Waals surface area contributed by atoms with E-state index in [2.05, 4.69) is 4.90 Å². The molecule has 0 aromatic heterocycles. The molecule has 3 aliphatic heterocycles. The lowest BCUT2D eigenvalue weighted by Gasteiger charge is -2.42. The molecule has 2 amide bonds. The summed E-state index contributed by atoms with van der Waals surface area (Å²) in [5.74, 6) is 0.726. The van der Waals surface area contributed by atoms with Crippen LogP contribution in [0.25, 0.3) is 0 Å². The quantitative estimate of drug-likeness (QED) is 0.717. The summed E-state index contributed by atoms with van der Waals surface area (Å²) in [5, 5.41) is 0. The van der Waals surface area contributed by atoms with Crippen LogP contribution in [-0.4, -0.2) is 85.0 Å². The molecule has 25 heavy (non-hydrogen) atoms. The normalized spacial score (nSPS) is 28.7. The standard InChI is InChI=1S/C19H31N3O3/c1-16(23)22-9-3-2-5-17-15-21(10-7-18(17)22)19(24)6-4-8-20-11-13-25-14-12-20/h4,6,17-18H,2-3,5,7-15H2,1H3/t17-,18-/m1/s1. The molecule has 0 aromatic rings. The van der Waals surface area contributed by atoms with Gasteiger partial charge in [0.15, 0.2) is 0 Å². The van der Waals surface area contributed by atoms with Crippen molar-refractivity contribution in [1.29, 1.82) is 0 Å². The molecule has 3 fully saturated rings. The average Bonchev–Trinajstić information content (AvgIpc) is 2.84. The van der Waals surface area contributed by atoms with E-state index in [4.69, 9.17) is 4.74 Å². The summed E-state index contributed by atoms with van der Waals surface area (Å²) in [6.45, 7) is 8.35. The second-order valence-electron chi connectivity index (χ2n) is 7.42. The van der Waals surface area contributed by atoms with Gasteiger partial charge in [0.05, 0.1) is 13.2 Å². The van der Waals surface area contributed by atoms with E-state index in [0.29, 0.717) is 12.0 Å². The van der Waals surface area contributed by atoms with E-state index in [1.165, 1.54) is 0 Å². The van der Waals surface area contributed by atoms with Crippen molar-refractivity contribution in [2.75, 3.05) is 52.5 Å². The average molecular weight is 349 g/mol. The Morgan fingerprint density at radius 2 is 1.88 bits per heavy atom. The zero-order chi connectivity index (χ0) is 17.6. The molecular weight excluding hydrogens is 318 g/mol. The van der Waals surface area contributed by atoms with Crippen molar-refractivity contribution in [3.8, 4) is 0 Å². The van der Waals surface area contributed by atoms with Crippen LogP contribution in [0.3, 0.4) is 0 Å². The number of amides is 2. The minimum Gasteiger partial charge on any atom is -0.379 e. The van der Waals surface area contributed by atoms with E-state index in [1.807, 2.05) is 15.9 Å². The van der Waals surface area contributed by atoms with E-state index in [0.717, 1.165) is 78.2 Å². The lowest BCUT2D eigenvalue weighted by molar-refractivity contribution is -0.135. The van der Waals surface area contributed by atoms with Gasteiger partial charge in [0.1, 0.15) is 0 Å². The van der Waals surface area contributed by atoms with Crippen molar-refractivity contribution in [3.05, 3.63) is 12.2 Å². The Morgan fingerprint density at radius 3 is 2.64 bits per heavy atom. The van der Waals surface area contributed by atoms with E-state index in [9.17, 15) is 9.59 Å². The maximum atomic E-state index is 12.5. The Hall–Kier alpha value is -1.40. The second-order valence-corrected chi connectivity index (χ2v) is 7.42. The molecular formula is C19H31N3O3. The van der Waals surface area contributed by atoms with Crippen molar-refractivity contribution in [2.45, 2.75) is 38.6 Å². The van der Waals surface area contributed by atoms with Gasteiger partial charge >= 0.3 is 0 Å². The van der Waals surface area contributed by atoms with Gasteiger partial charge in [-0.15, -0.1) is 0 Å². The van der Waals surface area contributed by atoms with Crippen LogP contribution in [0.5, 0.6) is 0 Å². The molecule has 0 saturated carbocycles. The lowest BCUT2D eigenvalue weighted by atomic mass is 9.88. The van der Waals surface area contributed by atoms with Gasteiger partial charge in [0, 0.05) is 58.3 Å². The Bertz CT molecular complexity index is 502. The minimum absolute atomic E-state index is 0.116. The zero-order valence-electron chi connectivity index (χ0n) is 15.4. The number of fused-ring (bicyclic) bond motifs is 1. The summed E-state index contributed by atoms with van der Waals surface area (Å²) in [7, 11) is 0. The summed E-state index contributed by atoms with van der Waals surface area (Å²) in [6.07, 6.45) is 7.98. The summed E-state index contributed by atoms with van der Waals surface area (Å²) in [5.41, 5.74) is 0. The molecule has 6 heteroatoms. The fraction of sp³-hybridized carbons (Fsp3) is 0.789. The van der Waals surface area contributed by atoms with Gasteiger partial charge in [-0.25, -0.2) is 0 Å². The smallest absolute Gasteiger partial charge is 0.246 e. The summed E-state index contributed by atoms with van der Waals surface area (Å²) >= 11 is 0. The largest absolute Gasteiger partial charge is 0.379 e. The fourth-order valence-corrected chi connectivity index (χ4v) is 4.35. The third-order valence-electron chi connectivity index (χ3n) is 5.76. The summed E-state index contributed by atoms with van der Waals surface area (Å²) < 4.78 is 5.34. The first kappa shape index (κ1) is 18.4. The van der Waals surface area contributed by atoms with Gasteiger partial charge in [0.25, 0.3) is 0 Å². The maximum absolute atomic E-state index is 12.5. The van der Waals surface area contributed by atoms with Gasteiger partial charge in [0.2, 0.25) is 11.8 Å². The van der Waals surface area contributed by atoms with Crippen LogP contribution in [-0.2, 0) is 14.3 Å². The molecule has 0 spiro atoms. The molecule has 2 atom stereocenters. The minimum atomic E-state index is 0.116. The Kier molecular flexibility index (Phi) is 6.48. The highest BCUT2D eigenvalue weighted by Crippen LogP contribution is 2.30. The van der Waals surface area contributed by atoms with Crippen LogP contribution in [0, 0.1) is 5.92 Å². The number of rotatable bonds is 3. The zero-order valence-corrected chi connectivity index (χ0v) is 15.4. The Morgan fingerprint density at radius 1 is 1.08 bits per heavy atom. The topological polar surface area (TPSA) is 53.1 Å². The number of piperidine rings is 1. The number of carbonyl (C=O) groups excluding carboxylic acids is 2. The lowest BCUT2D eigenvalue weighted by Crippen LogP contribution is -2.52. The first-order valence-corrected chi connectivity index (χ1v) is 9.68. The number of carbonyl (C=O) groups is 2. The number of ether oxygens (including phenoxy) is 1. The Balaban J connectivity index is 1.52. The van der Waals surface area contributed by atoms with Gasteiger partial charge in [-0.1, -0.05) is 12.5 Å². The predicted octanol–water partition coefficient (Wildman–Crippen LogP) is 1.12. The molecule has 0 bridgehead atoms. The first-order valence-electron chi connectivity index (χ1n) is 9.68. The molecule has 3 heterocycles. The van der Waals surface area contributed by atoms with Gasteiger partial charge in [-0.2, -0.15) is 0 Å². The molecule has 0 aliphatic carbocycles. The van der Waals surface area contributed by atoms with E-state index >= 15 is 0 Å². The molecule has 140 valence electrons. The van der Waals surface area contributed by atoms with Crippen molar-refractivity contribution >= 4 is 11.8 Å². The van der Waals surface area contributed by atoms with Crippen LogP contribution < -0.4 is 0 Å². The van der Waals surface area contributed by atoms with Crippen LogP contribution in [0.2, 0.25) is 0 Å². The highest BCUT2D eigenvalue weighted by Gasteiger charge is 2.36. The molecule has 3 aliphatic rings. The van der Waals surface area contributed by atoms with Crippen LogP contribution in [0.1, 0.15) is 32.6 Å². The van der Waals surface area contributed by atoms with Crippen LogP contribution in [0.4, 0.5) is 0 Å². The fourth-order valence-electron chi connectivity index (χ4n) is 4.35. The summed E-state index contributed by atoms with van der Waals surface area (Å²) in [6, 6.07) is 0.321. The van der Waals surface area contributed by atoms with Crippen molar-refractivity contribution in [3.63, 3.8) is 0 Å². The van der Waals surface area contributed by atoms with Crippen LogP contribution in [0.15, 0.2) is 12.2 Å². The van der Waals surface area contributed by atoms with Crippen molar-refractivity contribution < 1.29 is 14.3 Å². The number of nitrogens with zero attached hydrogens (tertiary/aromatic N) is 3. The third-order valence-corrected chi connectivity index (χ3v) is 5.76. The van der Waals surface area contributed by atoms with E-state index in [1.54, 1.807) is 13.0 Å². The number of morpholine rings is 1. The Labute approximate surface area is 150 Å². The SMILES string of the molecule is CC(=O)N1CCCC[C@@H]2CN(C(=O)C=CCN3CCOCC3)CC[C@H]21. The van der Waals surface area contributed by atoms with Gasteiger partial charge in [-0.3, -0.25) is 14.5 Å². The second kappa shape index (κ2) is 8.81. The first-order chi connectivity index (χ1) is 12.1. The number of hydrogen-bond donors (Lipinski definition) is 0. The monoisotopic (exact) mass is 349 g/mol. The van der Waals surface area contributed by atoms with Gasteiger partial charge in [-0.05, 0) is 25.2 Å². The molecule has 3 saturated heterocycles. The maximum Gasteiger partial charge on any atom is 0.246 e.